The number of nitro groups is 1. The van der Waals surface area contributed by atoms with E-state index in [2.05, 4.69) is 24.1 Å². The van der Waals surface area contributed by atoms with Crippen molar-refractivity contribution in [1.29, 1.82) is 0 Å². The number of hydrogen-bond acceptors (Lipinski definition) is 4. The van der Waals surface area contributed by atoms with Crippen molar-refractivity contribution in [2.24, 2.45) is 5.92 Å². The molecule has 1 aliphatic rings. The number of benzene rings is 1. The molecule has 1 unspecified atom stereocenters. The highest BCUT2D eigenvalue weighted by Gasteiger charge is 2.23. The van der Waals surface area contributed by atoms with Crippen LogP contribution in [0.25, 0.3) is 0 Å². The summed E-state index contributed by atoms with van der Waals surface area (Å²) in [5.74, 6) is 0.0313. The number of hydrogen-bond donors (Lipinski definition) is 1. The van der Waals surface area contributed by atoms with E-state index in [0.29, 0.717) is 24.1 Å². The van der Waals surface area contributed by atoms with Crippen LogP contribution >= 0.6 is 0 Å². The van der Waals surface area contributed by atoms with Crippen molar-refractivity contribution in [3.8, 4) is 0 Å². The van der Waals surface area contributed by atoms with Crippen LogP contribution in [0, 0.1) is 21.8 Å². The van der Waals surface area contributed by atoms with E-state index in [1.165, 1.54) is 12.1 Å². The normalized spacial score (nSPS) is 19.3. The van der Waals surface area contributed by atoms with Gasteiger partial charge >= 0.3 is 0 Å². The van der Waals surface area contributed by atoms with Crippen LogP contribution in [0.5, 0.6) is 0 Å². The lowest BCUT2D eigenvalue weighted by Crippen LogP contribution is -2.30. The number of rotatable bonds is 6. The third kappa shape index (κ3) is 4.47. The Labute approximate surface area is 124 Å². The van der Waals surface area contributed by atoms with Crippen molar-refractivity contribution in [3.05, 3.63) is 39.7 Å². The molecule has 0 amide bonds. The number of non-ortho nitro benzene ring substituents is 1. The van der Waals surface area contributed by atoms with E-state index in [-0.39, 0.29) is 5.69 Å². The van der Waals surface area contributed by atoms with E-state index >= 15 is 0 Å². The van der Waals surface area contributed by atoms with Crippen molar-refractivity contribution >= 4 is 5.69 Å². The van der Waals surface area contributed by atoms with Gasteiger partial charge in [0.1, 0.15) is 5.82 Å². The van der Waals surface area contributed by atoms with E-state index in [4.69, 9.17) is 0 Å². The predicted molar refractivity (Wildman–Crippen MR) is 79.6 cm³/mol. The second-order valence-electron chi connectivity index (χ2n) is 5.95. The SMILES string of the molecule is CC(C)N1CCC(CNCc2cc(F)cc([N+](=O)[O-])c2)C1. The van der Waals surface area contributed by atoms with Gasteiger partial charge in [-0.1, -0.05) is 0 Å². The average molecular weight is 295 g/mol. The molecule has 1 fully saturated rings. The summed E-state index contributed by atoms with van der Waals surface area (Å²) in [5.41, 5.74) is 0.416. The molecule has 1 heterocycles. The molecule has 6 heteroatoms. The van der Waals surface area contributed by atoms with Crippen molar-refractivity contribution < 1.29 is 9.31 Å². The quantitative estimate of drug-likeness (QED) is 0.647. The van der Waals surface area contributed by atoms with Gasteiger partial charge in [-0.15, -0.1) is 0 Å². The number of likely N-dealkylation sites (tertiary alicyclic amines) is 1. The zero-order valence-corrected chi connectivity index (χ0v) is 12.5. The number of halogens is 1. The maximum Gasteiger partial charge on any atom is 0.272 e. The van der Waals surface area contributed by atoms with Crippen LogP contribution in [-0.2, 0) is 6.54 Å². The standard InChI is InChI=1S/C15H22FN3O2/c1-11(2)18-4-3-12(10-18)8-17-9-13-5-14(16)7-15(6-13)19(20)21/h5-7,11-12,17H,3-4,8-10H2,1-2H3. The molecule has 1 atom stereocenters. The number of nitrogens with zero attached hydrogens (tertiary/aromatic N) is 2. The van der Waals surface area contributed by atoms with Gasteiger partial charge in [0.05, 0.1) is 11.0 Å². The Morgan fingerprint density at radius 2 is 2.24 bits per heavy atom. The smallest absolute Gasteiger partial charge is 0.272 e. The summed E-state index contributed by atoms with van der Waals surface area (Å²) in [6, 6.07) is 4.28. The Balaban J connectivity index is 1.83. The first-order valence-corrected chi connectivity index (χ1v) is 7.34. The zero-order valence-electron chi connectivity index (χ0n) is 12.5. The lowest BCUT2D eigenvalue weighted by Gasteiger charge is -2.20. The van der Waals surface area contributed by atoms with Crippen LogP contribution in [0.15, 0.2) is 18.2 Å². The zero-order chi connectivity index (χ0) is 15.4. The molecule has 0 spiro atoms. The monoisotopic (exact) mass is 295 g/mol. The maximum atomic E-state index is 13.3. The van der Waals surface area contributed by atoms with Crippen molar-refractivity contribution in [1.82, 2.24) is 10.2 Å². The lowest BCUT2D eigenvalue weighted by molar-refractivity contribution is -0.385. The number of nitro benzene ring substituents is 1. The third-order valence-corrected chi connectivity index (χ3v) is 3.96. The van der Waals surface area contributed by atoms with E-state index in [0.717, 1.165) is 32.1 Å². The average Bonchev–Trinajstić information content (AvgIpc) is 2.87. The molecular formula is C15H22FN3O2. The molecular weight excluding hydrogens is 273 g/mol. The summed E-state index contributed by atoms with van der Waals surface area (Å²) in [6.45, 7) is 7.90. The summed E-state index contributed by atoms with van der Waals surface area (Å²) in [7, 11) is 0. The summed E-state index contributed by atoms with van der Waals surface area (Å²) < 4.78 is 13.3. The largest absolute Gasteiger partial charge is 0.312 e. The Kier molecular flexibility index (Phi) is 5.25. The van der Waals surface area contributed by atoms with E-state index in [1.807, 2.05) is 0 Å². The molecule has 0 saturated carbocycles. The molecule has 2 rings (SSSR count). The molecule has 21 heavy (non-hydrogen) atoms. The Morgan fingerprint density at radius 3 is 2.86 bits per heavy atom. The van der Waals surface area contributed by atoms with Gasteiger partial charge < -0.3 is 10.2 Å². The third-order valence-electron chi connectivity index (χ3n) is 3.96. The molecule has 5 nitrogen and oxygen atoms in total. The highest BCUT2D eigenvalue weighted by Crippen LogP contribution is 2.19. The first-order valence-electron chi connectivity index (χ1n) is 7.34. The van der Waals surface area contributed by atoms with Gasteiger partial charge in [0.2, 0.25) is 0 Å². The number of nitrogens with one attached hydrogen (secondary N) is 1. The van der Waals surface area contributed by atoms with E-state index < -0.39 is 10.7 Å². The fraction of sp³-hybridized carbons (Fsp3) is 0.600. The molecule has 1 aliphatic heterocycles. The lowest BCUT2D eigenvalue weighted by atomic mass is 10.1. The fourth-order valence-corrected chi connectivity index (χ4v) is 2.76. The summed E-state index contributed by atoms with van der Waals surface area (Å²) >= 11 is 0. The molecule has 1 saturated heterocycles. The molecule has 1 N–H and O–H groups in total. The van der Waals surface area contributed by atoms with Gasteiger partial charge in [0.15, 0.2) is 0 Å². The minimum atomic E-state index is -0.565. The van der Waals surface area contributed by atoms with Crippen molar-refractivity contribution in [2.75, 3.05) is 19.6 Å². The predicted octanol–water partition coefficient (Wildman–Crippen LogP) is 2.55. The summed E-state index contributed by atoms with van der Waals surface area (Å²) in [4.78, 5) is 12.6. The molecule has 116 valence electrons. The van der Waals surface area contributed by atoms with Crippen LogP contribution < -0.4 is 5.32 Å². The topological polar surface area (TPSA) is 58.4 Å². The second kappa shape index (κ2) is 6.95. The Hall–Kier alpha value is -1.53. The minimum Gasteiger partial charge on any atom is -0.312 e. The van der Waals surface area contributed by atoms with Crippen molar-refractivity contribution in [2.45, 2.75) is 32.9 Å². The molecule has 0 radical (unpaired) electrons. The highest BCUT2D eigenvalue weighted by atomic mass is 19.1. The van der Waals surface area contributed by atoms with Gasteiger partial charge in [-0.25, -0.2) is 4.39 Å². The van der Waals surface area contributed by atoms with Gasteiger partial charge in [-0.05, 0) is 50.9 Å². The minimum absolute atomic E-state index is 0.196. The molecule has 0 bridgehead atoms. The maximum absolute atomic E-state index is 13.3. The second-order valence-corrected chi connectivity index (χ2v) is 5.95. The first-order chi connectivity index (χ1) is 9.95. The molecule has 1 aromatic carbocycles. The van der Waals surface area contributed by atoms with Gasteiger partial charge in [0.25, 0.3) is 5.69 Å². The summed E-state index contributed by atoms with van der Waals surface area (Å²) in [6.07, 6.45) is 1.16. The van der Waals surface area contributed by atoms with E-state index in [9.17, 15) is 14.5 Å². The van der Waals surface area contributed by atoms with E-state index in [1.54, 1.807) is 0 Å². The highest BCUT2D eigenvalue weighted by molar-refractivity contribution is 5.35. The van der Waals surface area contributed by atoms with Gasteiger partial charge in [-0.3, -0.25) is 10.1 Å². The van der Waals surface area contributed by atoms with Crippen LogP contribution in [0.4, 0.5) is 10.1 Å². The summed E-state index contributed by atoms with van der Waals surface area (Å²) in [5, 5.41) is 14.0. The fourth-order valence-electron chi connectivity index (χ4n) is 2.76. The molecule has 1 aromatic rings. The van der Waals surface area contributed by atoms with Crippen LogP contribution in [-0.4, -0.2) is 35.5 Å². The Morgan fingerprint density at radius 1 is 1.48 bits per heavy atom. The molecule has 0 aromatic heterocycles. The van der Waals surface area contributed by atoms with Crippen LogP contribution in [0.3, 0.4) is 0 Å². The van der Waals surface area contributed by atoms with Crippen LogP contribution in [0.1, 0.15) is 25.8 Å². The van der Waals surface area contributed by atoms with Crippen LogP contribution in [0.2, 0.25) is 0 Å². The Bertz CT molecular complexity index is 508. The first kappa shape index (κ1) is 15.9. The van der Waals surface area contributed by atoms with Gasteiger partial charge in [0, 0.05) is 25.2 Å². The van der Waals surface area contributed by atoms with Gasteiger partial charge in [-0.2, -0.15) is 0 Å². The van der Waals surface area contributed by atoms with Crippen molar-refractivity contribution in [3.63, 3.8) is 0 Å². The molecule has 0 aliphatic carbocycles.